The van der Waals surface area contributed by atoms with E-state index in [4.69, 9.17) is 5.73 Å². The van der Waals surface area contributed by atoms with Gasteiger partial charge in [-0.05, 0) is 13.0 Å². The van der Waals surface area contributed by atoms with Gasteiger partial charge in [0.1, 0.15) is 5.82 Å². The van der Waals surface area contributed by atoms with Crippen LogP contribution in [0.25, 0.3) is 0 Å². The Labute approximate surface area is 77.8 Å². The van der Waals surface area contributed by atoms with Crippen molar-refractivity contribution in [2.24, 2.45) is 5.73 Å². The number of hydrogen-bond donors (Lipinski definition) is 3. The molecular formula is C8H15N5. The van der Waals surface area contributed by atoms with E-state index in [2.05, 4.69) is 20.6 Å². The smallest absolute Gasteiger partial charge is 0.224 e. The van der Waals surface area contributed by atoms with Gasteiger partial charge in [-0.3, -0.25) is 0 Å². The van der Waals surface area contributed by atoms with E-state index in [9.17, 15) is 0 Å². The minimum absolute atomic E-state index is 0.578. The van der Waals surface area contributed by atoms with Crippen LogP contribution in [0.1, 0.15) is 6.92 Å². The summed E-state index contributed by atoms with van der Waals surface area (Å²) in [4.78, 5) is 8.25. The Balaban J connectivity index is 2.56. The molecular weight excluding hydrogens is 166 g/mol. The van der Waals surface area contributed by atoms with Crippen molar-refractivity contribution < 1.29 is 0 Å². The van der Waals surface area contributed by atoms with Crippen molar-refractivity contribution >= 4 is 11.8 Å². The fraction of sp³-hybridized carbons (Fsp3) is 0.500. The van der Waals surface area contributed by atoms with Crippen LogP contribution < -0.4 is 16.4 Å². The number of anilines is 2. The average Bonchev–Trinajstić information content (AvgIpc) is 2.16. The molecule has 72 valence electrons. The summed E-state index contributed by atoms with van der Waals surface area (Å²) < 4.78 is 0. The van der Waals surface area contributed by atoms with Crippen molar-refractivity contribution in [1.82, 2.24) is 9.97 Å². The molecule has 0 aliphatic rings. The molecule has 1 rings (SSSR count). The predicted molar refractivity (Wildman–Crippen MR) is 53.7 cm³/mol. The summed E-state index contributed by atoms with van der Waals surface area (Å²) in [6.45, 7) is 4.15. The zero-order valence-corrected chi connectivity index (χ0v) is 7.75. The maximum Gasteiger partial charge on any atom is 0.224 e. The van der Waals surface area contributed by atoms with E-state index in [0.717, 1.165) is 12.4 Å². The van der Waals surface area contributed by atoms with Gasteiger partial charge in [0, 0.05) is 25.8 Å². The molecule has 13 heavy (non-hydrogen) atoms. The zero-order valence-electron chi connectivity index (χ0n) is 7.75. The first-order chi connectivity index (χ1) is 6.36. The number of rotatable bonds is 5. The van der Waals surface area contributed by atoms with E-state index in [0.29, 0.717) is 19.0 Å². The Hall–Kier alpha value is -1.36. The van der Waals surface area contributed by atoms with E-state index < -0.39 is 0 Å². The molecule has 0 unspecified atom stereocenters. The van der Waals surface area contributed by atoms with Crippen LogP contribution in [-0.2, 0) is 0 Å². The van der Waals surface area contributed by atoms with Gasteiger partial charge in [-0.25, -0.2) is 4.98 Å². The molecule has 0 saturated carbocycles. The van der Waals surface area contributed by atoms with Gasteiger partial charge >= 0.3 is 0 Å². The van der Waals surface area contributed by atoms with Crippen LogP contribution in [0.5, 0.6) is 0 Å². The molecule has 0 bridgehead atoms. The minimum Gasteiger partial charge on any atom is -0.370 e. The van der Waals surface area contributed by atoms with Crippen LogP contribution in [0, 0.1) is 0 Å². The number of nitrogens with zero attached hydrogens (tertiary/aromatic N) is 2. The summed E-state index contributed by atoms with van der Waals surface area (Å²) in [7, 11) is 0. The Morgan fingerprint density at radius 2 is 2.31 bits per heavy atom. The minimum atomic E-state index is 0.578. The first-order valence-corrected chi connectivity index (χ1v) is 4.37. The van der Waals surface area contributed by atoms with Crippen LogP contribution in [0.15, 0.2) is 12.3 Å². The molecule has 1 heterocycles. The van der Waals surface area contributed by atoms with E-state index in [-0.39, 0.29) is 0 Å². The third kappa shape index (κ3) is 3.25. The monoisotopic (exact) mass is 181 g/mol. The first-order valence-electron chi connectivity index (χ1n) is 4.37. The molecule has 4 N–H and O–H groups in total. The number of nitrogens with two attached hydrogens (primary N) is 1. The van der Waals surface area contributed by atoms with E-state index in [1.165, 1.54) is 0 Å². The van der Waals surface area contributed by atoms with Crippen molar-refractivity contribution in [3.63, 3.8) is 0 Å². The second-order valence-electron chi connectivity index (χ2n) is 2.51. The molecule has 1 aromatic heterocycles. The van der Waals surface area contributed by atoms with Crippen molar-refractivity contribution in [3.8, 4) is 0 Å². The Bertz CT molecular complexity index is 250. The Kier molecular flexibility index (Phi) is 3.98. The molecule has 0 aliphatic heterocycles. The van der Waals surface area contributed by atoms with Gasteiger partial charge in [-0.15, -0.1) is 0 Å². The summed E-state index contributed by atoms with van der Waals surface area (Å²) in [5.74, 6) is 1.45. The second-order valence-corrected chi connectivity index (χ2v) is 2.51. The van der Waals surface area contributed by atoms with Crippen molar-refractivity contribution in [2.75, 3.05) is 30.3 Å². The molecule has 0 atom stereocenters. The first kappa shape index (κ1) is 9.73. The Morgan fingerprint density at radius 1 is 1.46 bits per heavy atom. The van der Waals surface area contributed by atoms with Gasteiger partial charge in [0.2, 0.25) is 5.95 Å². The lowest BCUT2D eigenvalue weighted by Gasteiger charge is -2.05. The summed E-state index contributed by atoms with van der Waals surface area (Å²) >= 11 is 0. The lowest BCUT2D eigenvalue weighted by Crippen LogP contribution is -2.15. The lowest BCUT2D eigenvalue weighted by molar-refractivity contribution is 0.987. The zero-order chi connectivity index (χ0) is 9.52. The molecule has 0 saturated heterocycles. The summed E-state index contributed by atoms with van der Waals surface area (Å²) in [6, 6.07) is 1.83. The van der Waals surface area contributed by atoms with Crippen LogP contribution in [0.2, 0.25) is 0 Å². The SMILES string of the molecule is CCNc1ccnc(NCCN)n1. The van der Waals surface area contributed by atoms with Crippen molar-refractivity contribution in [2.45, 2.75) is 6.92 Å². The number of hydrogen-bond acceptors (Lipinski definition) is 5. The quantitative estimate of drug-likeness (QED) is 0.608. The van der Waals surface area contributed by atoms with Gasteiger partial charge in [0.05, 0.1) is 0 Å². The van der Waals surface area contributed by atoms with Crippen LogP contribution in [-0.4, -0.2) is 29.6 Å². The largest absolute Gasteiger partial charge is 0.370 e. The topological polar surface area (TPSA) is 75.9 Å². The van der Waals surface area contributed by atoms with Gasteiger partial charge in [-0.1, -0.05) is 0 Å². The molecule has 0 aromatic carbocycles. The molecule has 0 spiro atoms. The third-order valence-corrected chi connectivity index (χ3v) is 1.44. The normalized spacial score (nSPS) is 9.69. The molecule has 5 heteroatoms. The molecule has 5 nitrogen and oxygen atoms in total. The maximum absolute atomic E-state index is 5.34. The fourth-order valence-electron chi connectivity index (χ4n) is 0.907. The molecule has 0 amide bonds. The standard InChI is InChI=1S/C8H15N5/c1-2-10-7-3-5-11-8(13-7)12-6-4-9/h3,5H,2,4,6,9H2,1H3,(H2,10,11,12,13). The van der Waals surface area contributed by atoms with E-state index >= 15 is 0 Å². The molecule has 1 aromatic rings. The highest BCUT2D eigenvalue weighted by Crippen LogP contribution is 2.04. The lowest BCUT2D eigenvalue weighted by atomic mass is 10.5. The molecule has 0 fully saturated rings. The highest BCUT2D eigenvalue weighted by Gasteiger charge is 1.95. The molecule has 0 aliphatic carbocycles. The van der Waals surface area contributed by atoms with Gasteiger partial charge in [0.25, 0.3) is 0 Å². The predicted octanol–water partition coefficient (Wildman–Crippen LogP) is 0.279. The highest BCUT2D eigenvalue weighted by molar-refractivity contribution is 5.39. The second kappa shape index (κ2) is 5.31. The van der Waals surface area contributed by atoms with Gasteiger partial charge in [0.15, 0.2) is 0 Å². The van der Waals surface area contributed by atoms with Crippen LogP contribution >= 0.6 is 0 Å². The van der Waals surface area contributed by atoms with E-state index in [1.54, 1.807) is 6.20 Å². The van der Waals surface area contributed by atoms with Gasteiger partial charge < -0.3 is 16.4 Å². The maximum atomic E-state index is 5.34. The molecule has 0 radical (unpaired) electrons. The average molecular weight is 181 g/mol. The summed E-state index contributed by atoms with van der Waals surface area (Å²) in [6.07, 6.45) is 1.71. The van der Waals surface area contributed by atoms with Crippen LogP contribution in [0.4, 0.5) is 11.8 Å². The highest BCUT2D eigenvalue weighted by atomic mass is 15.1. The summed E-state index contributed by atoms with van der Waals surface area (Å²) in [5.41, 5.74) is 5.34. The third-order valence-electron chi connectivity index (χ3n) is 1.44. The fourth-order valence-corrected chi connectivity index (χ4v) is 0.907. The van der Waals surface area contributed by atoms with Crippen molar-refractivity contribution in [3.05, 3.63) is 12.3 Å². The Morgan fingerprint density at radius 3 is 3.00 bits per heavy atom. The summed E-state index contributed by atoms with van der Waals surface area (Å²) in [5, 5.41) is 6.11. The van der Waals surface area contributed by atoms with Crippen LogP contribution in [0.3, 0.4) is 0 Å². The van der Waals surface area contributed by atoms with E-state index in [1.807, 2.05) is 13.0 Å². The van der Waals surface area contributed by atoms with Crippen molar-refractivity contribution in [1.29, 1.82) is 0 Å². The number of aromatic nitrogens is 2. The number of nitrogens with one attached hydrogen (secondary N) is 2. The van der Waals surface area contributed by atoms with Gasteiger partial charge in [-0.2, -0.15) is 4.98 Å².